The highest BCUT2D eigenvalue weighted by atomic mass is 16.5. The van der Waals surface area contributed by atoms with Crippen molar-refractivity contribution in [3.05, 3.63) is 77.9 Å². The van der Waals surface area contributed by atoms with Gasteiger partial charge in [-0.2, -0.15) is 0 Å². The minimum atomic E-state index is -0.538. The van der Waals surface area contributed by atoms with E-state index in [9.17, 15) is 4.79 Å². The zero-order valence-electron chi connectivity index (χ0n) is 16.1. The molecule has 3 aromatic rings. The van der Waals surface area contributed by atoms with E-state index in [4.69, 9.17) is 10.5 Å². The number of imidazole rings is 1. The maximum absolute atomic E-state index is 12.1. The number of amides is 1. The number of carbonyl (C=O) groups is 1. The number of hydrogen-bond donors (Lipinski definition) is 1. The normalized spacial score (nSPS) is 15.5. The Morgan fingerprint density at radius 1 is 1.18 bits per heavy atom. The predicted octanol–water partition coefficient (Wildman–Crippen LogP) is 4.06. The van der Waals surface area contributed by atoms with Crippen LogP contribution < -0.4 is 10.5 Å². The zero-order chi connectivity index (χ0) is 19.6. The molecule has 2 N–H and O–H groups in total. The van der Waals surface area contributed by atoms with Gasteiger partial charge in [-0.15, -0.1) is 0 Å². The molecule has 28 heavy (non-hydrogen) atoms. The molecule has 2 aromatic carbocycles. The van der Waals surface area contributed by atoms with Crippen LogP contribution in [0.5, 0.6) is 5.75 Å². The molecule has 0 saturated heterocycles. The summed E-state index contributed by atoms with van der Waals surface area (Å²) in [5.74, 6) is 1.49. The maximum Gasteiger partial charge on any atom is 0.228 e. The van der Waals surface area contributed by atoms with Crippen molar-refractivity contribution in [1.82, 2.24) is 9.55 Å². The van der Waals surface area contributed by atoms with Crippen molar-refractivity contribution < 1.29 is 9.53 Å². The monoisotopic (exact) mass is 375 g/mol. The van der Waals surface area contributed by atoms with Crippen molar-refractivity contribution in [2.24, 2.45) is 5.73 Å². The summed E-state index contributed by atoms with van der Waals surface area (Å²) >= 11 is 0. The number of ether oxygens (including phenoxy) is 1. The summed E-state index contributed by atoms with van der Waals surface area (Å²) in [6, 6.07) is 16.1. The van der Waals surface area contributed by atoms with Crippen molar-refractivity contribution in [2.45, 2.75) is 44.6 Å². The number of aromatic nitrogens is 2. The summed E-state index contributed by atoms with van der Waals surface area (Å²) in [7, 11) is 0. The number of aryl methyl sites for hydroxylation is 1. The van der Waals surface area contributed by atoms with Gasteiger partial charge < -0.3 is 15.0 Å². The summed E-state index contributed by atoms with van der Waals surface area (Å²) in [5, 5.41) is 0. The van der Waals surface area contributed by atoms with Crippen LogP contribution in [0.1, 0.15) is 42.6 Å². The van der Waals surface area contributed by atoms with Gasteiger partial charge in [0.05, 0.1) is 5.41 Å². The Morgan fingerprint density at radius 3 is 2.57 bits per heavy atom. The van der Waals surface area contributed by atoms with E-state index in [2.05, 4.69) is 29.2 Å². The van der Waals surface area contributed by atoms with Crippen LogP contribution in [-0.4, -0.2) is 15.5 Å². The van der Waals surface area contributed by atoms with Crippen molar-refractivity contribution in [1.29, 1.82) is 0 Å². The highest BCUT2D eigenvalue weighted by Crippen LogP contribution is 2.41. The van der Waals surface area contributed by atoms with Gasteiger partial charge in [-0.05, 0) is 55.2 Å². The van der Waals surface area contributed by atoms with Gasteiger partial charge in [0.1, 0.15) is 18.2 Å². The fraction of sp³-hybridized carbons (Fsp3) is 0.304. The summed E-state index contributed by atoms with van der Waals surface area (Å²) in [6.45, 7) is 2.45. The molecule has 1 aromatic heterocycles. The number of nitrogens with zero attached hydrogens (tertiary/aromatic N) is 2. The molecule has 4 rings (SSSR count). The van der Waals surface area contributed by atoms with E-state index in [0.29, 0.717) is 6.61 Å². The molecule has 1 saturated carbocycles. The molecule has 5 nitrogen and oxygen atoms in total. The average molecular weight is 375 g/mol. The van der Waals surface area contributed by atoms with Crippen LogP contribution in [0.4, 0.5) is 0 Å². The van der Waals surface area contributed by atoms with Crippen molar-refractivity contribution in [2.75, 3.05) is 0 Å². The maximum atomic E-state index is 12.1. The molecule has 0 aliphatic heterocycles. The third-order valence-corrected chi connectivity index (χ3v) is 5.76. The molecule has 1 amide bonds. The molecular formula is C23H25N3O2. The van der Waals surface area contributed by atoms with E-state index in [1.165, 1.54) is 0 Å². The highest BCUT2D eigenvalue weighted by Gasteiger charge is 2.41. The van der Waals surface area contributed by atoms with Crippen LogP contribution in [0.25, 0.3) is 5.69 Å². The molecule has 5 heteroatoms. The van der Waals surface area contributed by atoms with Crippen LogP contribution in [-0.2, 0) is 16.8 Å². The first-order valence-electron chi connectivity index (χ1n) is 9.71. The van der Waals surface area contributed by atoms with Gasteiger partial charge in [-0.1, -0.05) is 37.1 Å². The van der Waals surface area contributed by atoms with Crippen LogP contribution in [0.3, 0.4) is 0 Å². The predicted molar refractivity (Wildman–Crippen MR) is 108 cm³/mol. The lowest BCUT2D eigenvalue weighted by Gasteiger charge is -2.26. The molecule has 1 aliphatic carbocycles. The summed E-state index contributed by atoms with van der Waals surface area (Å²) in [5.41, 5.74) is 8.35. The van der Waals surface area contributed by atoms with Crippen molar-refractivity contribution in [3.8, 4) is 11.4 Å². The second-order valence-electron chi connectivity index (χ2n) is 7.48. The minimum absolute atomic E-state index is 0.229. The minimum Gasteiger partial charge on any atom is -0.489 e. The molecule has 0 bridgehead atoms. The molecule has 0 spiro atoms. The largest absolute Gasteiger partial charge is 0.489 e. The summed E-state index contributed by atoms with van der Waals surface area (Å²) in [4.78, 5) is 16.4. The van der Waals surface area contributed by atoms with Gasteiger partial charge in [0.25, 0.3) is 0 Å². The molecule has 0 atom stereocenters. The molecule has 0 unspecified atom stereocenters. The molecule has 144 valence electrons. The van der Waals surface area contributed by atoms with Gasteiger partial charge in [-0.3, -0.25) is 4.79 Å². The Balaban J connectivity index is 1.47. The number of primary amides is 1. The van der Waals surface area contributed by atoms with Crippen LogP contribution in [0.2, 0.25) is 0 Å². The molecule has 0 radical (unpaired) electrons. The lowest BCUT2D eigenvalue weighted by molar-refractivity contribution is -0.123. The van der Waals surface area contributed by atoms with Crippen LogP contribution >= 0.6 is 0 Å². The smallest absolute Gasteiger partial charge is 0.228 e. The quantitative estimate of drug-likeness (QED) is 0.706. The first-order chi connectivity index (χ1) is 13.6. The van der Waals surface area contributed by atoms with Crippen LogP contribution in [0, 0.1) is 6.92 Å². The van der Waals surface area contributed by atoms with Crippen molar-refractivity contribution in [3.63, 3.8) is 0 Å². The lowest BCUT2D eigenvalue weighted by Crippen LogP contribution is -2.38. The van der Waals surface area contributed by atoms with E-state index in [0.717, 1.165) is 54.1 Å². The molecule has 1 fully saturated rings. The summed E-state index contributed by atoms with van der Waals surface area (Å²) < 4.78 is 8.04. The third-order valence-electron chi connectivity index (χ3n) is 5.76. The number of rotatable bonds is 6. The van der Waals surface area contributed by atoms with Gasteiger partial charge in [0, 0.05) is 18.1 Å². The number of benzene rings is 2. The first-order valence-corrected chi connectivity index (χ1v) is 9.71. The highest BCUT2D eigenvalue weighted by molar-refractivity contribution is 5.87. The fourth-order valence-electron chi connectivity index (χ4n) is 4.11. The molecule has 1 heterocycles. The van der Waals surface area contributed by atoms with Crippen LogP contribution in [0.15, 0.2) is 60.9 Å². The van der Waals surface area contributed by atoms with Crippen molar-refractivity contribution >= 4 is 5.91 Å². The Kier molecular flexibility index (Phi) is 4.90. The average Bonchev–Trinajstić information content (AvgIpc) is 3.37. The molecular weight excluding hydrogens is 350 g/mol. The Bertz CT molecular complexity index is 970. The lowest BCUT2D eigenvalue weighted by atomic mass is 9.78. The van der Waals surface area contributed by atoms with E-state index < -0.39 is 5.41 Å². The summed E-state index contributed by atoms with van der Waals surface area (Å²) in [6.07, 6.45) is 7.46. The van der Waals surface area contributed by atoms with E-state index in [1.54, 1.807) is 6.20 Å². The second kappa shape index (κ2) is 7.50. The fourth-order valence-corrected chi connectivity index (χ4v) is 4.11. The van der Waals surface area contributed by atoms with E-state index >= 15 is 0 Å². The Labute approximate surface area is 165 Å². The topological polar surface area (TPSA) is 70.1 Å². The van der Waals surface area contributed by atoms with E-state index in [1.807, 2.05) is 42.0 Å². The number of carbonyl (C=O) groups excluding carboxylic acids is 1. The van der Waals surface area contributed by atoms with Gasteiger partial charge in [0.2, 0.25) is 5.91 Å². The molecule has 1 aliphatic rings. The standard InChI is InChI=1S/C23H25N3O2/c1-17-25-13-14-26(17)20-9-7-18(8-10-20)16-28-21-6-4-5-19(15-21)23(22(24)27)11-2-3-12-23/h4-10,13-15H,2-3,11-12,16H2,1H3,(H2,24,27). The zero-order valence-corrected chi connectivity index (χ0v) is 16.1. The second-order valence-corrected chi connectivity index (χ2v) is 7.48. The van der Waals surface area contributed by atoms with Gasteiger partial charge >= 0.3 is 0 Å². The third kappa shape index (κ3) is 3.40. The number of nitrogens with two attached hydrogens (primary N) is 1. The van der Waals surface area contributed by atoms with Gasteiger partial charge in [0.15, 0.2) is 0 Å². The Hall–Kier alpha value is -3.08. The number of hydrogen-bond acceptors (Lipinski definition) is 3. The SMILES string of the molecule is Cc1nccn1-c1ccc(COc2cccc(C3(C(N)=O)CCCC3)c2)cc1. The van der Waals surface area contributed by atoms with Gasteiger partial charge in [-0.25, -0.2) is 4.98 Å². The Morgan fingerprint density at radius 2 is 1.93 bits per heavy atom. The van der Waals surface area contributed by atoms with E-state index in [-0.39, 0.29) is 5.91 Å². The first kappa shape index (κ1) is 18.3.